The number of ether oxygens (including phenoxy) is 1. The molecule has 0 unspecified atom stereocenters. The first-order chi connectivity index (χ1) is 13.3. The van der Waals surface area contributed by atoms with Gasteiger partial charge in [-0.15, -0.1) is 0 Å². The number of piperidine rings is 3. The van der Waals surface area contributed by atoms with E-state index in [1.165, 1.54) is 31.5 Å². The van der Waals surface area contributed by atoms with Gasteiger partial charge in [0.05, 0.1) is 7.11 Å². The monoisotopic (exact) mass is 360 g/mol. The molecule has 4 aliphatic heterocycles. The molecular formula is C22H24N4O. The number of fused-ring (bicyclic) bond motifs is 2. The zero-order valence-corrected chi connectivity index (χ0v) is 15.6. The number of hydrogen-bond donors (Lipinski definition) is 0. The minimum Gasteiger partial charge on any atom is -0.497 e. The number of anilines is 1. The summed E-state index contributed by atoms with van der Waals surface area (Å²) in [7, 11) is 1.71. The van der Waals surface area contributed by atoms with Crippen molar-refractivity contribution in [2.45, 2.75) is 30.8 Å². The smallest absolute Gasteiger partial charge is 0.142 e. The minimum atomic E-state index is 0.455. The summed E-state index contributed by atoms with van der Waals surface area (Å²) in [5.41, 5.74) is 1.87. The fraction of sp³-hybridized carbons (Fsp3) is 0.455. The van der Waals surface area contributed by atoms with Gasteiger partial charge >= 0.3 is 0 Å². The average molecular weight is 360 g/mol. The Morgan fingerprint density at radius 2 is 1.85 bits per heavy atom. The summed E-state index contributed by atoms with van der Waals surface area (Å²) in [6, 6.07) is 17.6. The van der Waals surface area contributed by atoms with Crippen molar-refractivity contribution >= 4 is 5.82 Å². The molecule has 5 nitrogen and oxygen atoms in total. The summed E-state index contributed by atoms with van der Waals surface area (Å²) in [5.74, 6) is 3.03. The third kappa shape index (κ3) is 2.67. The highest BCUT2D eigenvalue weighted by Gasteiger charge is 2.53. The summed E-state index contributed by atoms with van der Waals surface area (Å²) in [6.07, 6.45) is 2.54. The topological polar surface area (TPSA) is 52.4 Å². The molecule has 2 aromatic rings. The number of methoxy groups -OCH3 is 1. The summed E-state index contributed by atoms with van der Waals surface area (Å²) < 4.78 is 5.34. The Hall–Kier alpha value is -2.58. The lowest BCUT2D eigenvalue weighted by molar-refractivity contribution is 0.0354. The quantitative estimate of drug-likeness (QED) is 0.842. The van der Waals surface area contributed by atoms with Gasteiger partial charge in [0.25, 0.3) is 0 Å². The molecule has 6 rings (SSSR count). The third-order valence-electron chi connectivity index (χ3n) is 6.68. The molecule has 0 amide bonds. The van der Waals surface area contributed by atoms with Crippen molar-refractivity contribution < 1.29 is 4.74 Å². The fourth-order valence-corrected chi connectivity index (χ4v) is 5.47. The zero-order chi connectivity index (χ0) is 18.4. The molecule has 0 radical (unpaired) electrons. The van der Waals surface area contributed by atoms with Gasteiger partial charge in [0.1, 0.15) is 23.3 Å². The highest BCUT2D eigenvalue weighted by Crippen LogP contribution is 2.47. The van der Waals surface area contributed by atoms with Gasteiger partial charge in [0.2, 0.25) is 0 Å². The maximum absolute atomic E-state index is 9.27. The Balaban J connectivity index is 1.54. The van der Waals surface area contributed by atoms with Crippen LogP contribution in [0.5, 0.6) is 5.75 Å². The van der Waals surface area contributed by atoms with Crippen molar-refractivity contribution in [3.8, 4) is 11.8 Å². The first kappa shape index (κ1) is 16.6. The lowest BCUT2D eigenvalue weighted by Gasteiger charge is -2.51. The van der Waals surface area contributed by atoms with E-state index in [1.54, 1.807) is 13.2 Å². The molecule has 138 valence electrons. The number of pyridine rings is 1. The van der Waals surface area contributed by atoms with Crippen molar-refractivity contribution in [1.82, 2.24) is 9.88 Å². The Labute approximate surface area is 160 Å². The molecule has 0 aliphatic carbocycles. The van der Waals surface area contributed by atoms with E-state index in [0.717, 1.165) is 24.0 Å². The van der Waals surface area contributed by atoms with Crippen LogP contribution in [0.25, 0.3) is 0 Å². The van der Waals surface area contributed by atoms with Crippen molar-refractivity contribution in [2.75, 3.05) is 31.6 Å². The van der Waals surface area contributed by atoms with Crippen LogP contribution in [0.3, 0.4) is 0 Å². The molecule has 1 aromatic heterocycles. The van der Waals surface area contributed by atoms with Gasteiger partial charge in [0.15, 0.2) is 0 Å². The lowest BCUT2D eigenvalue weighted by atomic mass is 9.75. The van der Waals surface area contributed by atoms with Crippen LogP contribution in [0, 0.1) is 17.2 Å². The van der Waals surface area contributed by atoms with Gasteiger partial charge in [-0.3, -0.25) is 4.90 Å². The number of nitriles is 1. The van der Waals surface area contributed by atoms with Crippen LogP contribution in [0.15, 0.2) is 42.5 Å². The predicted molar refractivity (Wildman–Crippen MR) is 104 cm³/mol. The lowest BCUT2D eigenvalue weighted by Crippen LogP contribution is -2.60. The molecule has 0 saturated carbocycles. The zero-order valence-electron chi connectivity index (χ0n) is 15.6. The van der Waals surface area contributed by atoms with Crippen LogP contribution in [0.4, 0.5) is 5.82 Å². The maximum Gasteiger partial charge on any atom is 0.142 e. The third-order valence-corrected chi connectivity index (χ3v) is 6.68. The standard InChI is InChI=1S/C22H24N4O/c1-27-18-7-5-15(6-8-18)19-14-26(20-4-2-3-17(13-23)24-20)21-16-9-11-25(12-10-16)22(19)21/h2-8,16,19,21-22H,9-12,14H2,1H3/t19-,21+,22+/m0/s1. The number of rotatable bonds is 3. The molecule has 4 fully saturated rings. The molecule has 5 heteroatoms. The summed E-state index contributed by atoms with van der Waals surface area (Å²) in [6.45, 7) is 3.37. The normalized spacial score (nSPS) is 31.4. The van der Waals surface area contributed by atoms with Crippen LogP contribution in [-0.2, 0) is 0 Å². The van der Waals surface area contributed by atoms with Crippen LogP contribution >= 0.6 is 0 Å². The Morgan fingerprint density at radius 3 is 2.56 bits per heavy atom. The first-order valence-electron chi connectivity index (χ1n) is 9.80. The Kier molecular flexibility index (Phi) is 4.02. The van der Waals surface area contributed by atoms with E-state index in [0.29, 0.717) is 23.7 Å². The second kappa shape index (κ2) is 6.54. The number of nitrogens with zero attached hydrogens (tertiary/aromatic N) is 4. The highest BCUT2D eigenvalue weighted by molar-refractivity contribution is 5.48. The maximum atomic E-state index is 9.27. The first-order valence-corrected chi connectivity index (χ1v) is 9.80. The molecule has 4 aliphatic rings. The van der Waals surface area contributed by atoms with E-state index in [1.807, 2.05) is 6.07 Å². The van der Waals surface area contributed by atoms with E-state index in [2.05, 4.69) is 51.2 Å². The van der Waals surface area contributed by atoms with Gasteiger partial charge in [-0.05, 0) is 61.7 Å². The summed E-state index contributed by atoms with van der Waals surface area (Å²) in [5, 5.41) is 9.27. The Bertz CT molecular complexity index is 867. The summed E-state index contributed by atoms with van der Waals surface area (Å²) >= 11 is 0. The number of aromatic nitrogens is 1. The van der Waals surface area contributed by atoms with Crippen molar-refractivity contribution in [3.05, 3.63) is 53.7 Å². The molecule has 1 aromatic carbocycles. The second-order valence-corrected chi connectivity index (χ2v) is 7.88. The van der Waals surface area contributed by atoms with Crippen LogP contribution in [-0.4, -0.2) is 48.7 Å². The van der Waals surface area contributed by atoms with Crippen LogP contribution in [0.2, 0.25) is 0 Å². The van der Waals surface area contributed by atoms with E-state index in [-0.39, 0.29) is 0 Å². The van der Waals surface area contributed by atoms with E-state index >= 15 is 0 Å². The number of hydrogen-bond acceptors (Lipinski definition) is 5. The van der Waals surface area contributed by atoms with Crippen LogP contribution in [0.1, 0.15) is 30.0 Å². The van der Waals surface area contributed by atoms with Gasteiger partial charge < -0.3 is 9.64 Å². The van der Waals surface area contributed by atoms with E-state index < -0.39 is 0 Å². The molecule has 0 spiro atoms. The van der Waals surface area contributed by atoms with Crippen molar-refractivity contribution in [2.24, 2.45) is 5.92 Å². The van der Waals surface area contributed by atoms with Crippen molar-refractivity contribution in [1.29, 1.82) is 5.26 Å². The van der Waals surface area contributed by atoms with Gasteiger partial charge in [-0.2, -0.15) is 5.26 Å². The largest absolute Gasteiger partial charge is 0.497 e. The van der Waals surface area contributed by atoms with Crippen molar-refractivity contribution in [3.63, 3.8) is 0 Å². The fourth-order valence-electron chi connectivity index (χ4n) is 5.47. The van der Waals surface area contributed by atoms with Crippen LogP contribution < -0.4 is 9.64 Å². The number of benzene rings is 1. The van der Waals surface area contributed by atoms with Gasteiger partial charge in [-0.25, -0.2) is 4.98 Å². The van der Waals surface area contributed by atoms with Gasteiger partial charge in [-0.1, -0.05) is 18.2 Å². The average Bonchev–Trinajstić information content (AvgIpc) is 3.18. The molecule has 27 heavy (non-hydrogen) atoms. The second-order valence-electron chi connectivity index (χ2n) is 7.88. The van der Waals surface area contributed by atoms with Gasteiger partial charge in [0, 0.05) is 24.5 Å². The molecule has 5 heterocycles. The molecule has 3 atom stereocenters. The van der Waals surface area contributed by atoms with E-state index in [9.17, 15) is 5.26 Å². The Morgan fingerprint density at radius 1 is 1.07 bits per heavy atom. The highest BCUT2D eigenvalue weighted by atomic mass is 16.5. The van der Waals surface area contributed by atoms with E-state index in [4.69, 9.17) is 4.74 Å². The molecular weight excluding hydrogens is 336 g/mol. The minimum absolute atomic E-state index is 0.455. The molecule has 2 bridgehead atoms. The summed E-state index contributed by atoms with van der Waals surface area (Å²) in [4.78, 5) is 9.80. The predicted octanol–water partition coefficient (Wildman–Crippen LogP) is 3.03. The molecule has 4 saturated heterocycles. The molecule has 0 N–H and O–H groups in total. The SMILES string of the molecule is COc1ccc([C@@H]2CN(c3cccc(C#N)n3)[C@@H]3C4CCN(CC4)[C@@H]32)cc1.